The Morgan fingerprint density at radius 1 is 1.17 bits per heavy atom. The molecule has 7 atom stereocenters. The summed E-state index contributed by atoms with van der Waals surface area (Å²) < 4.78 is 29.7. The minimum atomic E-state index is -0.882. The van der Waals surface area contributed by atoms with E-state index in [2.05, 4.69) is 41.2 Å². The number of rotatable bonds is 6. The molecule has 0 aliphatic carbocycles. The Morgan fingerprint density at radius 3 is 2.67 bits per heavy atom. The standard InChI is InChI=1S/C35H42N4O8S/c1-7-8-24(40)37-20-13-48-34-27-26(33-32(46-15-47-33)18(4)30(27)41)23(12-44-35(20)42)39-22(11-36)21-10-19-9-16(2)17(3)31(45-14-43-6)25(19)28(29(34)39)38(21)5/h9,20-23,28-29,34,41H,7-8,10,12-15H2,1-6H3,(H,37,40)/t20-,21-,22-,23+,28+,29?,34+/m0/s1. The Bertz CT molecular complexity index is 1710. The van der Waals surface area contributed by atoms with Gasteiger partial charge in [0.1, 0.15) is 30.2 Å². The van der Waals surface area contributed by atoms with Crippen molar-refractivity contribution in [3.05, 3.63) is 45.0 Å². The first-order chi connectivity index (χ1) is 23.1. The number of esters is 1. The number of methoxy groups -OCH3 is 1. The van der Waals surface area contributed by atoms with Crippen LogP contribution in [0.1, 0.15) is 76.0 Å². The van der Waals surface area contributed by atoms with E-state index in [9.17, 15) is 20.0 Å². The number of likely N-dealkylation sites (N-methyl/N-ethyl adjacent to an activating group) is 1. The maximum absolute atomic E-state index is 13.6. The summed E-state index contributed by atoms with van der Waals surface area (Å²) in [5, 5.41) is 25.4. The molecule has 48 heavy (non-hydrogen) atoms. The number of aryl methyl sites for hydroxylation is 1. The summed E-state index contributed by atoms with van der Waals surface area (Å²) >= 11 is 1.48. The van der Waals surface area contributed by atoms with Crippen molar-refractivity contribution in [2.45, 2.75) is 88.5 Å². The van der Waals surface area contributed by atoms with Crippen molar-refractivity contribution in [3.63, 3.8) is 0 Å². The molecule has 6 aliphatic heterocycles. The highest BCUT2D eigenvalue weighted by Gasteiger charge is 2.60. The largest absolute Gasteiger partial charge is 0.507 e. The number of phenols is 1. The lowest BCUT2D eigenvalue weighted by molar-refractivity contribution is -0.152. The maximum atomic E-state index is 13.6. The maximum Gasteiger partial charge on any atom is 0.329 e. The number of thioether (sulfide) groups is 1. The first-order valence-electron chi connectivity index (χ1n) is 16.5. The molecule has 2 aromatic rings. The lowest BCUT2D eigenvalue weighted by Crippen LogP contribution is -2.69. The van der Waals surface area contributed by atoms with E-state index < -0.39 is 29.3 Å². The molecule has 2 N–H and O–H groups in total. The van der Waals surface area contributed by atoms with Crippen LogP contribution in [0.2, 0.25) is 0 Å². The molecule has 6 aliphatic rings. The average molecular weight is 679 g/mol. The van der Waals surface area contributed by atoms with Gasteiger partial charge in [-0.2, -0.15) is 5.26 Å². The van der Waals surface area contributed by atoms with Crippen molar-refractivity contribution in [3.8, 4) is 29.1 Å². The number of nitrogens with zero attached hydrogens (tertiary/aromatic N) is 3. The summed E-state index contributed by atoms with van der Waals surface area (Å²) in [6, 6.07) is 1.92. The molecule has 13 heteroatoms. The molecule has 2 saturated heterocycles. The van der Waals surface area contributed by atoms with Crippen LogP contribution in [0.5, 0.6) is 23.0 Å². The van der Waals surface area contributed by atoms with E-state index in [1.165, 1.54) is 11.8 Å². The van der Waals surface area contributed by atoms with Crippen LogP contribution >= 0.6 is 11.8 Å². The highest BCUT2D eigenvalue weighted by atomic mass is 32.2. The van der Waals surface area contributed by atoms with Crippen molar-refractivity contribution in [2.24, 2.45) is 0 Å². The van der Waals surface area contributed by atoms with E-state index in [0.717, 1.165) is 28.0 Å². The highest BCUT2D eigenvalue weighted by Crippen LogP contribution is 2.63. The quantitative estimate of drug-likeness (QED) is 0.338. The molecule has 2 fully saturated rings. The molecule has 0 radical (unpaired) electrons. The van der Waals surface area contributed by atoms with Gasteiger partial charge in [-0.3, -0.25) is 14.6 Å². The Hall–Kier alpha value is -3.70. The molecular formula is C35H42N4O8S. The van der Waals surface area contributed by atoms with Gasteiger partial charge in [-0.25, -0.2) is 4.79 Å². The number of hydrogen-bond donors (Lipinski definition) is 2. The van der Waals surface area contributed by atoms with Gasteiger partial charge in [0.25, 0.3) is 0 Å². The molecule has 0 saturated carbocycles. The van der Waals surface area contributed by atoms with E-state index in [1.807, 2.05) is 20.8 Å². The summed E-state index contributed by atoms with van der Waals surface area (Å²) in [6.45, 7) is 7.81. The van der Waals surface area contributed by atoms with E-state index >= 15 is 0 Å². The first kappa shape index (κ1) is 32.8. The fraction of sp³-hybridized carbons (Fsp3) is 0.571. The van der Waals surface area contributed by atoms with Gasteiger partial charge in [-0.1, -0.05) is 13.0 Å². The smallest absolute Gasteiger partial charge is 0.329 e. The normalized spacial score (nSPS) is 28.9. The number of fused-ring (bicyclic) bond motifs is 10. The fourth-order valence-electron chi connectivity index (χ4n) is 8.45. The van der Waals surface area contributed by atoms with Crippen LogP contribution < -0.4 is 19.5 Å². The first-order valence-corrected chi connectivity index (χ1v) is 17.5. The number of phenolic OH excluding ortho intramolecular Hbond substituents is 1. The molecule has 8 rings (SSSR count). The molecule has 6 heterocycles. The number of ether oxygens (including phenoxy) is 5. The van der Waals surface area contributed by atoms with Crippen LogP contribution in [0.3, 0.4) is 0 Å². The Balaban J connectivity index is 1.47. The Morgan fingerprint density at radius 2 is 1.94 bits per heavy atom. The van der Waals surface area contributed by atoms with Gasteiger partial charge in [-0.15, -0.1) is 11.8 Å². The lowest BCUT2D eigenvalue weighted by atomic mass is 9.71. The molecule has 2 aromatic carbocycles. The van der Waals surface area contributed by atoms with Crippen LogP contribution in [0, 0.1) is 32.1 Å². The average Bonchev–Trinajstić information content (AvgIpc) is 3.55. The van der Waals surface area contributed by atoms with Crippen molar-refractivity contribution in [1.29, 1.82) is 5.26 Å². The predicted molar refractivity (Wildman–Crippen MR) is 176 cm³/mol. The minimum absolute atomic E-state index is 0.00673. The third kappa shape index (κ3) is 4.90. The molecule has 256 valence electrons. The summed E-state index contributed by atoms with van der Waals surface area (Å²) in [7, 11) is 3.66. The second kappa shape index (κ2) is 12.6. The van der Waals surface area contributed by atoms with Crippen molar-refractivity contribution in [2.75, 3.05) is 40.1 Å². The van der Waals surface area contributed by atoms with E-state index in [0.29, 0.717) is 47.5 Å². The summed E-state index contributed by atoms with van der Waals surface area (Å²) in [5.74, 6) is 1.28. The number of nitrogens with one attached hydrogen (secondary N) is 1. The Labute approximate surface area is 284 Å². The van der Waals surface area contributed by atoms with Gasteiger partial charge in [0.15, 0.2) is 18.3 Å². The zero-order valence-corrected chi connectivity index (χ0v) is 28.9. The van der Waals surface area contributed by atoms with E-state index in [4.69, 9.17) is 23.7 Å². The molecule has 0 aromatic heterocycles. The van der Waals surface area contributed by atoms with Gasteiger partial charge in [0.05, 0.1) is 23.4 Å². The zero-order chi connectivity index (χ0) is 34.0. The van der Waals surface area contributed by atoms with Crippen molar-refractivity contribution < 1.29 is 38.4 Å². The molecule has 1 amide bonds. The minimum Gasteiger partial charge on any atom is -0.507 e. The van der Waals surface area contributed by atoms with Gasteiger partial charge in [-0.05, 0) is 57.4 Å². The van der Waals surface area contributed by atoms with Gasteiger partial charge in [0.2, 0.25) is 12.7 Å². The highest BCUT2D eigenvalue weighted by molar-refractivity contribution is 7.99. The number of amides is 1. The number of benzene rings is 2. The zero-order valence-electron chi connectivity index (χ0n) is 28.1. The summed E-state index contributed by atoms with van der Waals surface area (Å²) in [6.07, 6.45) is 1.56. The SMILES string of the molecule is CCCC(=O)N[C@H]1CS[C@@H]2c3c(O)c(C)c4c(c3[C@@H](COC1=O)N1C2[C@H]2c3c(cc(C)c(C)c3OCOC)C[C@@H]([C@@H]1C#N)N2C)OCO4. The summed E-state index contributed by atoms with van der Waals surface area (Å²) in [4.78, 5) is 30.8. The molecule has 0 spiro atoms. The predicted octanol–water partition coefficient (Wildman–Crippen LogP) is 3.87. The lowest BCUT2D eigenvalue weighted by Gasteiger charge is -2.61. The van der Waals surface area contributed by atoms with Gasteiger partial charge in [0, 0.05) is 53.6 Å². The third-order valence-electron chi connectivity index (χ3n) is 10.7. The fourth-order valence-corrected chi connectivity index (χ4v) is 9.96. The number of nitriles is 1. The third-order valence-corrected chi connectivity index (χ3v) is 12.1. The number of piperazine rings is 1. The topological polar surface area (TPSA) is 143 Å². The molecule has 1 unspecified atom stereocenters. The number of carbonyl (C=O) groups excluding carboxylic acids is 2. The Kier molecular flexibility index (Phi) is 8.64. The van der Waals surface area contributed by atoms with Crippen LogP contribution in [0.25, 0.3) is 0 Å². The van der Waals surface area contributed by atoms with Crippen LogP contribution in [0.15, 0.2) is 6.07 Å². The number of aromatic hydroxyl groups is 1. The van der Waals surface area contributed by atoms with Crippen LogP contribution in [0.4, 0.5) is 0 Å². The molecule has 4 bridgehead atoms. The second-order valence-corrected chi connectivity index (χ2v) is 14.5. The van der Waals surface area contributed by atoms with E-state index in [1.54, 1.807) is 7.11 Å². The molecular weight excluding hydrogens is 636 g/mol. The van der Waals surface area contributed by atoms with Crippen LogP contribution in [-0.2, 0) is 25.5 Å². The van der Waals surface area contributed by atoms with Gasteiger partial charge < -0.3 is 34.1 Å². The number of hydrogen-bond acceptors (Lipinski definition) is 12. The van der Waals surface area contributed by atoms with Crippen molar-refractivity contribution >= 4 is 23.6 Å². The second-order valence-electron chi connectivity index (χ2n) is 13.3. The van der Waals surface area contributed by atoms with E-state index in [-0.39, 0.29) is 55.7 Å². The van der Waals surface area contributed by atoms with Crippen molar-refractivity contribution in [1.82, 2.24) is 15.1 Å². The molecule has 12 nitrogen and oxygen atoms in total. The van der Waals surface area contributed by atoms with Gasteiger partial charge >= 0.3 is 5.97 Å². The summed E-state index contributed by atoms with van der Waals surface area (Å²) in [5.41, 5.74) is 6.20. The monoisotopic (exact) mass is 678 g/mol. The number of carbonyl (C=O) groups is 2. The van der Waals surface area contributed by atoms with Crippen LogP contribution in [-0.4, -0.2) is 91.1 Å².